The molecule has 1 aliphatic heterocycles. The number of imidazole rings is 1. The molecule has 2 heterocycles. The second-order valence-corrected chi connectivity index (χ2v) is 5.86. The Morgan fingerprint density at radius 1 is 1.37 bits per heavy atom. The van der Waals surface area contributed by atoms with E-state index in [2.05, 4.69) is 48.9 Å². The van der Waals surface area contributed by atoms with Gasteiger partial charge in [0.25, 0.3) is 0 Å². The van der Waals surface area contributed by atoms with E-state index in [1.165, 1.54) is 16.9 Å². The van der Waals surface area contributed by atoms with Gasteiger partial charge in [0.15, 0.2) is 0 Å². The van der Waals surface area contributed by atoms with Crippen LogP contribution in [0, 0.1) is 12.8 Å². The third-order valence-electron chi connectivity index (χ3n) is 4.23. The van der Waals surface area contributed by atoms with Gasteiger partial charge >= 0.3 is 0 Å². The molecule has 3 nitrogen and oxygen atoms in total. The summed E-state index contributed by atoms with van der Waals surface area (Å²) in [6.45, 7) is 9.94. The summed E-state index contributed by atoms with van der Waals surface area (Å²) in [5.74, 6) is 2.51. The van der Waals surface area contributed by atoms with Gasteiger partial charge in [-0.3, -0.25) is 0 Å². The van der Waals surface area contributed by atoms with Gasteiger partial charge in [-0.15, -0.1) is 0 Å². The summed E-state index contributed by atoms with van der Waals surface area (Å²) in [6.07, 6.45) is 1.15. The van der Waals surface area contributed by atoms with Crippen molar-refractivity contribution in [3.63, 3.8) is 0 Å². The van der Waals surface area contributed by atoms with Crippen molar-refractivity contribution in [1.82, 2.24) is 14.9 Å². The molecule has 1 N–H and O–H groups in total. The molecule has 19 heavy (non-hydrogen) atoms. The molecule has 0 saturated carbocycles. The summed E-state index contributed by atoms with van der Waals surface area (Å²) in [7, 11) is 0. The van der Waals surface area contributed by atoms with E-state index in [1.807, 2.05) is 0 Å². The number of aromatic nitrogens is 2. The molecule has 0 amide bonds. The van der Waals surface area contributed by atoms with Crippen LogP contribution in [0.3, 0.4) is 0 Å². The zero-order valence-electron chi connectivity index (χ0n) is 12.1. The largest absolute Gasteiger partial charge is 0.328 e. The number of rotatable bonds is 3. The fourth-order valence-electron chi connectivity index (χ4n) is 3.16. The van der Waals surface area contributed by atoms with Crippen LogP contribution >= 0.6 is 0 Å². The van der Waals surface area contributed by atoms with Gasteiger partial charge in [-0.25, -0.2) is 4.98 Å². The number of hydrogen-bond donors (Lipinski definition) is 1. The van der Waals surface area contributed by atoms with E-state index in [0.29, 0.717) is 11.8 Å². The predicted octanol–water partition coefficient (Wildman–Crippen LogP) is 3.08. The molecule has 1 aromatic heterocycles. The first-order valence-electron chi connectivity index (χ1n) is 7.38. The van der Waals surface area contributed by atoms with E-state index in [9.17, 15) is 0 Å². The summed E-state index contributed by atoms with van der Waals surface area (Å²) in [6, 6.07) is 6.62. The quantitative estimate of drug-likeness (QED) is 0.915. The van der Waals surface area contributed by atoms with Crippen molar-refractivity contribution in [2.45, 2.75) is 39.7 Å². The molecule has 1 aromatic carbocycles. The van der Waals surface area contributed by atoms with Gasteiger partial charge in [-0.05, 0) is 43.5 Å². The van der Waals surface area contributed by atoms with Crippen molar-refractivity contribution in [3.05, 3.63) is 29.6 Å². The summed E-state index contributed by atoms with van der Waals surface area (Å²) in [4.78, 5) is 4.95. The Morgan fingerprint density at radius 3 is 2.89 bits per heavy atom. The molecule has 102 valence electrons. The fourth-order valence-corrected chi connectivity index (χ4v) is 3.16. The van der Waals surface area contributed by atoms with Crippen LogP contribution in [-0.2, 0) is 6.54 Å². The number of benzene rings is 1. The average Bonchev–Trinajstić information content (AvgIpc) is 2.94. The van der Waals surface area contributed by atoms with Gasteiger partial charge in [-0.2, -0.15) is 0 Å². The van der Waals surface area contributed by atoms with Crippen molar-refractivity contribution in [2.75, 3.05) is 13.1 Å². The highest BCUT2D eigenvalue weighted by molar-refractivity contribution is 5.77. The smallest absolute Gasteiger partial charge is 0.114 e. The normalized spacial score (nSPS) is 23.3. The lowest BCUT2D eigenvalue weighted by Gasteiger charge is -2.16. The first kappa shape index (κ1) is 12.7. The van der Waals surface area contributed by atoms with Crippen LogP contribution in [0.2, 0.25) is 0 Å². The third kappa shape index (κ3) is 2.16. The van der Waals surface area contributed by atoms with Crippen LogP contribution in [0.1, 0.15) is 37.6 Å². The first-order chi connectivity index (χ1) is 9.20. The Balaban J connectivity index is 2.13. The second kappa shape index (κ2) is 4.97. The fraction of sp³-hybridized carbons (Fsp3) is 0.562. The minimum absolute atomic E-state index is 0.555. The maximum absolute atomic E-state index is 4.95. The van der Waals surface area contributed by atoms with Gasteiger partial charge in [0.1, 0.15) is 5.82 Å². The highest BCUT2D eigenvalue weighted by Gasteiger charge is 2.29. The SMILES string of the molecule is CCCn1c([C@@H]2CNC[C@H]2C)nc2cc(C)ccc21. The average molecular weight is 257 g/mol. The minimum Gasteiger partial charge on any atom is -0.328 e. The van der Waals surface area contributed by atoms with Crippen LogP contribution in [0.15, 0.2) is 18.2 Å². The lowest BCUT2D eigenvalue weighted by molar-refractivity contribution is 0.514. The van der Waals surface area contributed by atoms with Crippen molar-refractivity contribution in [3.8, 4) is 0 Å². The number of nitrogens with zero attached hydrogens (tertiary/aromatic N) is 2. The molecular formula is C16H23N3. The van der Waals surface area contributed by atoms with E-state index >= 15 is 0 Å². The van der Waals surface area contributed by atoms with Gasteiger partial charge in [0, 0.05) is 19.0 Å². The van der Waals surface area contributed by atoms with Crippen LogP contribution in [0.25, 0.3) is 11.0 Å². The lowest BCUT2D eigenvalue weighted by Crippen LogP contribution is -2.15. The summed E-state index contributed by atoms with van der Waals surface area (Å²) in [5.41, 5.74) is 3.74. The zero-order valence-corrected chi connectivity index (χ0v) is 12.1. The number of hydrogen-bond acceptors (Lipinski definition) is 2. The predicted molar refractivity (Wildman–Crippen MR) is 79.5 cm³/mol. The topological polar surface area (TPSA) is 29.9 Å². The molecule has 3 rings (SSSR count). The molecule has 2 atom stereocenters. The second-order valence-electron chi connectivity index (χ2n) is 5.86. The van der Waals surface area contributed by atoms with Crippen molar-refractivity contribution in [2.24, 2.45) is 5.92 Å². The summed E-state index contributed by atoms with van der Waals surface area (Å²) >= 11 is 0. The maximum atomic E-state index is 4.95. The Labute approximate surface area is 115 Å². The molecule has 0 unspecified atom stereocenters. The molecule has 0 aliphatic carbocycles. The van der Waals surface area contributed by atoms with Gasteiger partial charge in [0.05, 0.1) is 11.0 Å². The molecular weight excluding hydrogens is 234 g/mol. The van der Waals surface area contributed by atoms with Crippen LogP contribution < -0.4 is 5.32 Å². The zero-order chi connectivity index (χ0) is 13.4. The molecule has 1 fully saturated rings. The van der Waals surface area contributed by atoms with E-state index in [4.69, 9.17) is 4.98 Å². The van der Waals surface area contributed by atoms with Crippen molar-refractivity contribution < 1.29 is 0 Å². The lowest BCUT2D eigenvalue weighted by atomic mass is 9.97. The number of nitrogens with one attached hydrogen (secondary N) is 1. The molecule has 2 aromatic rings. The standard InChI is InChI=1S/C16H23N3/c1-4-7-19-15-6-5-11(2)8-14(15)18-16(19)13-10-17-9-12(13)3/h5-6,8,12-13,17H,4,7,9-10H2,1-3H3/t12-,13-/m1/s1. The minimum atomic E-state index is 0.555. The monoisotopic (exact) mass is 257 g/mol. The van der Waals surface area contributed by atoms with Crippen LogP contribution in [0.4, 0.5) is 0 Å². The van der Waals surface area contributed by atoms with Gasteiger partial charge in [0.2, 0.25) is 0 Å². The van der Waals surface area contributed by atoms with Gasteiger partial charge < -0.3 is 9.88 Å². The number of aryl methyl sites for hydroxylation is 2. The highest BCUT2D eigenvalue weighted by atomic mass is 15.1. The molecule has 3 heteroatoms. The summed E-state index contributed by atoms with van der Waals surface area (Å²) < 4.78 is 2.43. The third-order valence-corrected chi connectivity index (χ3v) is 4.23. The van der Waals surface area contributed by atoms with E-state index in [0.717, 1.165) is 31.6 Å². The molecule has 1 aliphatic rings. The first-order valence-corrected chi connectivity index (χ1v) is 7.38. The Hall–Kier alpha value is -1.35. The Bertz CT molecular complexity index is 585. The van der Waals surface area contributed by atoms with Gasteiger partial charge in [-0.1, -0.05) is 19.9 Å². The molecule has 0 radical (unpaired) electrons. The summed E-state index contributed by atoms with van der Waals surface area (Å²) in [5, 5.41) is 3.49. The van der Waals surface area contributed by atoms with Crippen LogP contribution in [-0.4, -0.2) is 22.6 Å². The highest BCUT2D eigenvalue weighted by Crippen LogP contribution is 2.30. The maximum Gasteiger partial charge on any atom is 0.114 e. The Kier molecular flexibility index (Phi) is 3.31. The Morgan fingerprint density at radius 2 is 2.21 bits per heavy atom. The van der Waals surface area contributed by atoms with Crippen LogP contribution in [0.5, 0.6) is 0 Å². The van der Waals surface area contributed by atoms with E-state index in [-0.39, 0.29) is 0 Å². The molecule has 0 bridgehead atoms. The van der Waals surface area contributed by atoms with Crippen molar-refractivity contribution in [1.29, 1.82) is 0 Å². The number of fused-ring (bicyclic) bond motifs is 1. The van der Waals surface area contributed by atoms with Crippen molar-refractivity contribution >= 4 is 11.0 Å². The van der Waals surface area contributed by atoms with E-state index < -0.39 is 0 Å². The molecule has 1 saturated heterocycles. The molecule has 0 spiro atoms. The van der Waals surface area contributed by atoms with E-state index in [1.54, 1.807) is 0 Å².